The van der Waals surface area contributed by atoms with Gasteiger partial charge in [0, 0.05) is 25.7 Å². The minimum Gasteiger partial charge on any atom is -0.338 e. The van der Waals surface area contributed by atoms with Crippen molar-refractivity contribution in [2.75, 3.05) is 19.6 Å². The lowest BCUT2D eigenvalue weighted by atomic mass is 9.73. The van der Waals surface area contributed by atoms with Gasteiger partial charge in [-0.3, -0.25) is 0 Å². The Kier molecular flexibility index (Phi) is 5.99. The largest absolute Gasteiger partial charge is 0.338 e. The quantitative estimate of drug-likeness (QED) is 0.652. The molecule has 2 fully saturated rings. The Hall–Kier alpha value is -1.46. The van der Waals surface area contributed by atoms with Crippen molar-refractivity contribution in [2.24, 2.45) is 5.41 Å². The monoisotopic (exact) mass is 338 g/mol. The molecule has 0 aromatic carbocycles. The summed E-state index contributed by atoms with van der Waals surface area (Å²) in [6.07, 6.45) is 6.15. The molecule has 0 aromatic heterocycles. The third-order valence-corrected chi connectivity index (χ3v) is 5.24. The Morgan fingerprint density at radius 3 is 2.50 bits per heavy atom. The van der Waals surface area contributed by atoms with E-state index in [1.54, 1.807) is 0 Å². The van der Waals surface area contributed by atoms with Crippen LogP contribution in [0.4, 0.5) is 9.59 Å². The van der Waals surface area contributed by atoms with Gasteiger partial charge in [0.15, 0.2) is 0 Å². The van der Waals surface area contributed by atoms with Crippen molar-refractivity contribution in [3.05, 3.63) is 0 Å². The molecule has 0 spiro atoms. The third-order valence-electron chi connectivity index (χ3n) is 5.24. The fourth-order valence-corrected chi connectivity index (χ4v) is 3.78. The molecule has 6 heteroatoms. The van der Waals surface area contributed by atoms with Crippen LogP contribution in [0.3, 0.4) is 0 Å². The van der Waals surface area contributed by atoms with E-state index in [0.717, 1.165) is 58.2 Å². The minimum absolute atomic E-state index is 0.0438. The number of hydrogen-bond acceptors (Lipinski definition) is 2. The second-order valence-corrected chi connectivity index (χ2v) is 8.51. The Bertz CT molecular complexity index is 456. The van der Waals surface area contributed by atoms with Gasteiger partial charge in [-0.2, -0.15) is 0 Å². The highest BCUT2D eigenvalue weighted by Crippen LogP contribution is 2.37. The molecule has 1 aliphatic carbocycles. The molecule has 1 saturated carbocycles. The van der Waals surface area contributed by atoms with E-state index in [1.807, 2.05) is 4.90 Å². The number of nitrogens with zero attached hydrogens (tertiary/aromatic N) is 1. The molecule has 138 valence electrons. The van der Waals surface area contributed by atoms with Crippen LogP contribution >= 0.6 is 0 Å². The lowest BCUT2D eigenvalue weighted by Crippen LogP contribution is -2.47. The SMILES string of the molecule is CCCCNC(=O)NC1CCC(C)(CN2CC(C)(C)NC2=O)CC1. The number of urea groups is 2. The average Bonchev–Trinajstić information content (AvgIpc) is 2.74. The Balaban J connectivity index is 1.75. The molecule has 0 bridgehead atoms. The molecular weight excluding hydrogens is 304 g/mol. The maximum atomic E-state index is 12.1. The summed E-state index contributed by atoms with van der Waals surface area (Å²) in [5.41, 5.74) is 0.0113. The molecule has 1 aliphatic heterocycles. The first-order valence-electron chi connectivity index (χ1n) is 9.34. The van der Waals surface area contributed by atoms with Crippen LogP contribution in [0.25, 0.3) is 0 Å². The molecule has 1 heterocycles. The fourth-order valence-electron chi connectivity index (χ4n) is 3.78. The zero-order chi connectivity index (χ0) is 17.8. The van der Waals surface area contributed by atoms with Gasteiger partial charge in [-0.1, -0.05) is 20.3 Å². The summed E-state index contributed by atoms with van der Waals surface area (Å²) >= 11 is 0. The van der Waals surface area contributed by atoms with Gasteiger partial charge in [0.1, 0.15) is 0 Å². The van der Waals surface area contributed by atoms with Gasteiger partial charge in [0.05, 0.1) is 5.54 Å². The van der Waals surface area contributed by atoms with Gasteiger partial charge in [0.2, 0.25) is 0 Å². The molecule has 2 rings (SSSR count). The van der Waals surface area contributed by atoms with Crippen LogP contribution in [0.2, 0.25) is 0 Å². The first-order valence-corrected chi connectivity index (χ1v) is 9.34. The Labute approximate surface area is 146 Å². The second-order valence-electron chi connectivity index (χ2n) is 8.51. The highest BCUT2D eigenvalue weighted by Gasteiger charge is 2.40. The first-order chi connectivity index (χ1) is 11.2. The van der Waals surface area contributed by atoms with Crippen LogP contribution in [0.1, 0.15) is 66.2 Å². The van der Waals surface area contributed by atoms with E-state index in [-0.39, 0.29) is 29.1 Å². The van der Waals surface area contributed by atoms with Crippen LogP contribution in [0.5, 0.6) is 0 Å². The maximum Gasteiger partial charge on any atom is 0.317 e. The van der Waals surface area contributed by atoms with E-state index in [2.05, 4.69) is 43.6 Å². The summed E-state index contributed by atoms with van der Waals surface area (Å²) in [6, 6.07) is 0.262. The van der Waals surface area contributed by atoms with Crippen molar-refractivity contribution in [1.82, 2.24) is 20.9 Å². The molecule has 0 atom stereocenters. The van der Waals surface area contributed by atoms with Crippen molar-refractivity contribution in [2.45, 2.75) is 77.8 Å². The van der Waals surface area contributed by atoms with Gasteiger partial charge in [0.25, 0.3) is 0 Å². The summed E-state index contributed by atoms with van der Waals surface area (Å²) in [4.78, 5) is 25.9. The van der Waals surface area contributed by atoms with E-state index >= 15 is 0 Å². The smallest absolute Gasteiger partial charge is 0.317 e. The molecule has 1 saturated heterocycles. The molecule has 0 aromatic rings. The minimum atomic E-state index is -0.136. The lowest BCUT2D eigenvalue weighted by molar-refractivity contribution is 0.129. The zero-order valence-electron chi connectivity index (χ0n) is 15.7. The molecule has 0 unspecified atom stereocenters. The highest BCUT2D eigenvalue weighted by molar-refractivity contribution is 5.77. The molecule has 24 heavy (non-hydrogen) atoms. The van der Waals surface area contributed by atoms with Gasteiger partial charge in [-0.15, -0.1) is 0 Å². The number of carbonyl (C=O) groups is 2. The first kappa shape index (κ1) is 18.9. The highest BCUT2D eigenvalue weighted by atomic mass is 16.2. The molecule has 2 aliphatic rings. The van der Waals surface area contributed by atoms with Crippen molar-refractivity contribution in [1.29, 1.82) is 0 Å². The van der Waals surface area contributed by atoms with E-state index < -0.39 is 0 Å². The van der Waals surface area contributed by atoms with Gasteiger partial charge in [-0.05, 0) is 51.4 Å². The maximum absolute atomic E-state index is 12.1. The van der Waals surface area contributed by atoms with E-state index in [4.69, 9.17) is 0 Å². The van der Waals surface area contributed by atoms with Crippen LogP contribution < -0.4 is 16.0 Å². The van der Waals surface area contributed by atoms with Crippen LogP contribution in [-0.4, -0.2) is 48.2 Å². The normalized spacial score (nSPS) is 29.2. The van der Waals surface area contributed by atoms with Crippen molar-refractivity contribution < 1.29 is 9.59 Å². The number of rotatable bonds is 6. The molecule has 6 nitrogen and oxygen atoms in total. The zero-order valence-corrected chi connectivity index (χ0v) is 15.7. The van der Waals surface area contributed by atoms with Crippen molar-refractivity contribution >= 4 is 12.1 Å². The number of hydrogen-bond donors (Lipinski definition) is 3. The molecular formula is C18H34N4O2. The predicted molar refractivity (Wildman–Crippen MR) is 96.0 cm³/mol. The summed E-state index contributed by atoms with van der Waals surface area (Å²) in [6.45, 7) is 10.8. The molecule has 3 N–H and O–H groups in total. The third kappa shape index (κ3) is 5.28. The Morgan fingerprint density at radius 2 is 1.96 bits per heavy atom. The molecule has 0 radical (unpaired) electrons. The number of unbranched alkanes of at least 4 members (excludes halogenated alkanes) is 1. The fraction of sp³-hybridized carbons (Fsp3) is 0.889. The number of nitrogens with one attached hydrogen (secondary N) is 3. The van der Waals surface area contributed by atoms with E-state index in [0.29, 0.717) is 0 Å². The summed E-state index contributed by atoms with van der Waals surface area (Å²) in [5.74, 6) is 0. The van der Waals surface area contributed by atoms with Gasteiger partial charge in [-0.25, -0.2) is 9.59 Å². The summed E-state index contributed by atoms with van der Waals surface area (Å²) in [5, 5.41) is 9.03. The van der Waals surface area contributed by atoms with Crippen LogP contribution in [0, 0.1) is 5.41 Å². The molecule has 4 amide bonds. The van der Waals surface area contributed by atoms with Crippen molar-refractivity contribution in [3.63, 3.8) is 0 Å². The van der Waals surface area contributed by atoms with Crippen molar-refractivity contribution in [3.8, 4) is 0 Å². The Morgan fingerprint density at radius 1 is 1.29 bits per heavy atom. The standard InChI is InChI=1S/C18H34N4O2/c1-5-6-11-19-15(23)20-14-7-9-18(4,10-8-14)13-22-12-17(2,3)21-16(22)24/h14H,5-13H2,1-4H3,(H,21,24)(H2,19,20,23). The predicted octanol–water partition coefficient (Wildman–Crippen LogP) is 2.84. The summed E-state index contributed by atoms with van der Waals surface area (Å²) in [7, 11) is 0. The van der Waals surface area contributed by atoms with Gasteiger partial charge < -0.3 is 20.9 Å². The average molecular weight is 338 g/mol. The van der Waals surface area contributed by atoms with Crippen LogP contribution in [-0.2, 0) is 0 Å². The number of amides is 4. The second kappa shape index (κ2) is 7.62. The van der Waals surface area contributed by atoms with Gasteiger partial charge >= 0.3 is 12.1 Å². The van der Waals surface area contributed by atoms with Crippen LogP contribution in [0.15, 0.2) is 0 Å². The van der Waals surface area contributed by atoms with E-state index in [1.165, 1.54) is 0 Å². The number of carbonyl (C=O) groups excluding carboxylic acids is 2. The lowest BCUT2D eigenvalue weighted by Gasteiger charge is -2.39. The summed E-state index contributed by atoms with van der Waals surface area (Å²) < 4.78 is 0. The van der Waals surface area contributed by atoms with E-state index in [9.17, 15) is 9.59 Å². The topological polar surface area (TPSA) is 73.5 Å².